The van der Waals surface area contributed by atoms with Gasteiger partial charge in [0.1, 0.15) is 0 Å². The SMILES string of the molecule is C1=CC(c2ccc(Nc3ccc(C4=CC=C(Nc5ccc(-c6ccccc6)cc5)CC4)cc3)c3ccccc23)=CCC1. The molecule has 2 heteroatoms. The summed E-state index contributed by atoms with van der Waals surface area (Å²) in [7, 11) is 0. The van der Waals surface area contributed by atoms with E-state index in [4.69, 9.17) is 0 Å². The van der Waals surface area contributed by atoms with E-state index in [9.17, 15) is 0 Å². The van der Waals surface area contributed by atoms with Gasteiger partial charge in [-0.05, 0) is 101 Å². The van der Waals surface area contributed by atoms with Crippen molar-refractivity contribution in [3.8, 4) is 11.1 Å². The highest BCUT2D eigenvalue weighted by Crippen LogP contribution is 2.35. The Morgan fingerprint density at radius 1 is 0.500 bits per heavy atom. The van der Waals surface area contributed by atoms with Gasteiger partial charge in [0.25, 0.3) is 0 Å². The molecule has 0 saturated heterocycles. The number of fused-ring (bicyclic) bond motifs is 1. The van der Waals surface area contributed by atoms with E-state index in [1.165, 1.54) is 49.9 Å². The zero-order valence-electron chi connectivity index (χ0n) is 23.7. The lowest BCUT2D eigenvalue weighted by Crippen LogP contribution is -2.03. The van der Waals surface area contributed by atoms with Crippen LogP contribution in [0.4, 0.5) is 17.1 Å². The predicted molar refractivity (Wildman–Crippen MR) is 181 cm³/mol. The summed E-state index contributed by atoms with van der Waals surface area (Å²) in [5.74, 6) is 0. The maximum atomic E-state index is 3.68. The van der Waals surface area contributed by atoms with E-state index in [1.54, 1.807) is 0 Å². The molecule has 0 bridgehead atoms. The molecule has 0 unspecified atom stereocenters. The molecule has 0 spiro atoms. The summed E-state index contributed by atoms with van der Waals surface area (Å²) in [5.41, 5.74) is 12.4. The fourth-order valence-electron chi connectivity index (χ4n) is 5.94. The lowest BCUT2D eigenvalue weighted by atomic mass is 9.93. The van der Waals surface area contributed by atoms with E-state index >= 15 is 0 Å². The van der Waals surface area contributed by atoms with Crippen LogP contribution in [0.5, 0.6) is 0 Å². The van der Waals surface area contributed by atoms with Crippen LogP contribution in [0.3, 0.4) is 0 Å². The molecule has 0 heterocycles. The van der Waals surface area contributed by atoms with E-state index in [-0.39, 0.29) is 0 Å². The Balaban J connectivity index is 1.03. The fourth-order valence-corrected chi connectivity index (χ4v) is 5.94. The molecule has 0 aromatic heterocycles. The van der Waals surface area contributed by atoms with E-state index in [1.807, 2.05) is 0 Å². The van der Waals surface area contributed by atoms with Crippen LogP contribution in [0, 0.1) is 0 Å². The third kappa shape index (κ3) is 5.57. The second-order valence-corrected chi connectivity index (χ2v) is 11.0. The Morgan fingerprint density at radius 2 is 1.19 bits per heavy atom. The second-order valence-electron chi connectivity index (χ2n) is 11.0. The first kappa shape index (κ1) is 25.9. The van der Waals surface area contributed by atoms with Gasteiger partial charge in [0.05, 0.1) is 0 Å². The summed E-state index contributed by atoms with van der Waals surface area (Å²) in [6, 6.07) is 41.2. The standard InChI is InChI=1S/C40H34N2/c1-3-9-29(10-4-1)30-15-21-34(22-16-30)41-35-23-17-31(18-24-35)32-19-25-36(26-20-32)42-40-28-27-37(33-11-5-2-6-12-33)38-13-7-8-14-39(38)40/h1,3-5,7-17,19-23,25-28,41-42H,2,6,18,24H2. The highest BCUT2D eigenvalue weighted by atomic mass is 14.9. The summed E-state index contributed by atoms with van der Waals surface area (Å²) in [4.78, 5) is 0. The lowest BCUT2D eigenvalue weighted by molar-refractivity contribution is 0.982. The lowest BCUT2D eigenvalue weighted by Gasteiger charge is -2.18. The molecule has 2 nitrogen and oxygen atoms in total. The molecular weight excluding hydrogens is 508 g/mol. The molecule has 0 atom stereocenters. The fraction of sp³-hybridized carbons (Fsp3) is 0.100. The Hall–Kier alpha value is -5.08. The predicted octanol–water partition coefficient (Wildman–Crippen LogP) is 11.2. The highest BCUT2D eigenvalue weighted by Gasteiger charge is 2.12. The van der Waals surface area contributed by atoms with Gasteiger partial charge in [0.2, 0.25) is 0 Å². The number of rotatable bonds is 7. The van der Waals surface area contributed by atoms with Crippen molar-refractivity contribution in [1.29, 1.82) is 0 Å². The van der Waals surface area contributed by atoms with E-state index < -0.39 is 0 Å². The van der Waals surface area contributed by atoms with Crippen molar-refractivity contribution in [3.05, 3.63) is 162 Å². The second kappa shape index (κ2) is 11.8. The molecule has 0 fully saturated rings. The first-order valence-electron chi connectivity index (χ1n) is 14.9. The molecule has 0 saturated carbocycles. The van der Waals surface area contributed by atoms with Crippen molar-refractivity contribution in [2.45, 2.75) is 25.7 Å². The minimum atomic E-state index is 0.996. The maximum Gasteiger partial charge on any atom is 0.0464 e. The van der Waals surface area contributed by atoms with Crippen molar-refractivity contribution in [2.24, 2.45) is 0 Å². The van der Waals surface area contributed by atoms with Crippen molar-refractivity contribution >= 4 is 39.0 Å². The molecule has 0 aliphatic heterocycles. The Labute approximate surface area is 248 Å². The Morgan fingerprint density at radius 3 is 1.90 bits per heavy atom. The molecule has 204 valence electrons. The molecule has 2 aliphatic carbocycles. The maximum absolute atomic E-state index is 3.68. The van der Waals surface area contributed by atoms with Crippen LogP contribution >= 0.6 is 0 Å². The van der Waals surface area contributed by atoms with Crippen LogP contribution in [0.25, 0.3) is 33.0 Å². The van der Waals surface area contributed by atoms with Crippen molar-refractivity contribution in [2.75, 3.05) is 10.6 Å². The van der Waals surface area contributed by atoms with Crippen LogP contribution in [-0.4, -0.2) is 0 Å². The van der Waals surface area contributed by atoms with E-state index in [0.717, 1.165) is 42.7 Å². The third-order valence-electron chi connectivity index (χ3n) is 8.21. The van der Waals surface area contributed by atoms with Gasteiger partial charge in [-0.1, -0.05) is 109 Å². The molecule has 2 N–H and O–H groups in total. The summed E-state index contributed by atoms with van der Waals surface area (Å²) in [5, 5.41) is 9.81. The van der Waals surface area contributed by atoms with E-state index in [0.29, 0.717) is 0 Å². The number of allylic oxidation sites excluding steroid dienone is 8. The summed E-state index contributed by atoms with van der Waals surface area (Å²) in [6.45, 7) is 0. The van der Waals surface area contributed by atoms with Crippen molar-refractivity contribution in [1.82, 2.24) is 0 Å². The van der Waals surface area contributed by atoms with Crippen molar-refractivity contribution in [3.63, 3.8) is 0 Å². The summed E-state index contributed by atoms with van der Waals surface area (Å²) >= 11 is 0. The summed E-state index contributed by atoms with van der Waals surface area (Å²) in [6.07, 6.45) is 15.6. The van der Waals surface area contributed by atoms with E-state index in [2.05, 4.69) is 156 Å². The molecule has 5 aromatic carbocycles. The third-order valence-corrected chi connectivity index (χ3v) is 8.21. The van der Waals surface area contributed by atoms with Crippen LogP contribution < -0.4 is 10.6 Å². The number of hydrogen-bond donors (Lipinski definition) is 2. The van der Waals surface area contributed by atoms with Gasteiger partial charge in [0, 0.05) is 28.1 Å². The number of nitrogens with one attached hydrogen (secondary N) is 2. The first-order chi connectivity index (χ1) is 20.8. The average molecular weight is 543 g/mol. The summed E-state index contributed by atoms with van der Waals surface area (Å²) < 4.78 is 0. The normalized spacial score (nSPS) is 14.6. The molecule has 0 amide bonds. The Kier molecular flexibility index (Phi) is 7.27. The molecular formula is C40H34N2. The van der Waals surface area contributed by atoms with Crippen LogP contribution in [0.2, 0.25) is 0 Å². The van der Waals surface area contributed by atoms with Gasteiger partial charge in [-0.25, -0.2) is 0 Å². The topological polar surface area (TPSA) is 24.1 Å². The zero-order chi connectivity index (χ0) is 28.1. The monoisotopic (exact) mass is 542 g/mol. The highest BCUT2D eigenvalue weighted by molar-refractivity contribution is 6.03. The number of benzene rings is 5. The number of hydrogen-bond acceptors (Lipinski definition) is 2. The van der Waals surface area contributed by atoms with Crippen LogP contribution in [0.1, 0.15) is 36.8 Å². The minimum Gasteiger partial charge on any atom is -0.359 e. The van der Waals surface area contributed by atoms with Gasteiger partial charge >= 0.3 is 0 Å². The quantitative estimate of drug-likeness (QED) is 0.214. The van der Waals surface area contributed by atoms with Crippen molar-refractivity contribution < 1.29 is 0 Å². The smallest absolute Gasteiger partial charge is 0.0464 e. The largest absolute Gasteiger partial charge is 0.359 e. The van der Waals surface area contributed by atoms with Gasteiger partial charge in [-0.15, -0.1) is 0 Å². The molecule has 42 heavy (non-hydrogen) atoms. The molecule has 7 rings (SSSR count). The molecule has 2 aliphatic rings. The molecule has 5 aromatic rings. The molecule has 0 radical (unpaired) electrons. The van der Waals surface area contributed by atoms with Gasteiger partial charge < -0.3 is 10.6 Å². The van der Waals surface area contributed by atoms with Crippen LogP contribution in [0.15, 0.2) is 151 Å². The van der Waals surface area contributed by atoms with Crippen LogP contribution in [-0.2, 0) is 0 Å². The first-order valence-corrected chi connectivity index (χ1v) is 14.9. The number of anilines is 3. The van der Waals surface area contributed by atoms with Gasteiger partial charge in [0.15, 0.2) is 0 Å². The van der Waals surface area contributed by atoms with Gasteiger partial charge in [-0.2, -0.15) is 0 Å². The zero-order valence-corrected chi connectivity index (χ0v) is 23.7. The minimum absolute atomic E-state index is 0.996. The Bertz CT molecular complexity index is 1840. The van der Waals surface area contributed by atoms with Gasteiger partial charge in [-0.3, -0.25) is 0 Å². The average Bonchev–Trinajstić information content (AvgIpc) is 3.07.